The van der Waals surface area contributed by atoms with Gasteiger partial charge in [-0.2, -0.15) is 0 Å². The van der Waals surface area contributed by atoms with E-state index in [0.717, 1.165) is 24.8 Å². The summed E-state index contributed by atoms with van der Waals surface area (Å²) in [7, 11) is 0. The Morgan fingerprint density at radius 1 is 1.57 bits per heavy atom. The van der Waals surface area contributed by atoms with Crippen LogP contribution in [0.3, 0.4) is 0 Å². The Labute approximate surface area is 125 Å². The van der Waals surface area contributed by atoms with E-state index < -0.39 is 0 Å². The number of hydrogen-bond donors (Lipinski definition) is 1. The topological polar surface area (TPSA) is 60.5 Å². The Kier molecular flexibility index (Phi) is 5.60. The van der Waals surface area contributed by atoms with Crippen molar-refractivity contribution in [2.24, 2.45) is 0 Å². The molecule has 1 atom stereocenters. The van der Waals surface area contributed by atoms with Crippen molar-refractivity contribution < 1.29 is 14.3 Å². The molecule has 0 saturated heterocycles. The maximum Gasteiger partial charge on any atom is 0.250 e. The van der Waals surface area contributed by atoms with E-state index in [2.05, 4.69) is 17.2 Å². The number of nitrogens with zero attached hydrogens (tertiary/aromatic N) is 1. The van der Waals surface area contributed by atoms with Crippen LogP contribution in [0, 0.1) is 0 Å². The first kappa shape index (κ1) is 15.4. The number of carbonyl (C=O) groups excluding carboxylic acids is 1. The second-order valence-corrected chi connectivity index (χ2v) is 5.14. The fourth-order valence-corrected chi connectivity index (χ4v) is 1.94. The smallest absolute Gasteiger partial charge is 0.250 e. The predicted octanol–water partition coefficient (Wildman–Crippen LogP) is 2.57. The molecule has 1 aromatic rings. The first-order valence-electron chi connectivity index (χ1n) is 7.39. The minimum absolute atomic E-state index is 0.0732. The molecule has 21 heavy (non-hydrogen) atoms. The molecule has 5 nitrogen and oxygen atoms in total. The van der Waals surface area contributed by atoms with Gasteiger partial charge in [-0.05, 0) is 37.8 Å². The highest BCUT2D eigenvalue weighted by Crippen LogP contribution is 2.14. The number of amides is 1. The summed E-state index contributed by atoms with van der Waals surface area (Å²) < 4.78 is 10.8. The monoisotopic (exact) mass is 290 g/mol. The number of carbonyl (C=O) groups is 1. The van der Waals surface area contributed by atoms with Gasteiger partial charge >= 0.3 is 0 Å². The van der Waals surface area contributed by atoms with Crippen LogP contribution in [-0.4, -0.2) is 23.6 Å². The van der Waals surface area contributed by atoms with Gasteiger partial charge in [0.1, 0.15) is 0 Å². The van der Waals surface area contributed by atoms with Crippen LogP contribution < -0.4 is 10.1 Å². The molecule has 0 aromatic carbocycles. The molecular weight excluding hydrogens is 268 g/mol. The van der Waals surface area contributed by atoms with E-state index in [9.17, 15) is 4.79 Å². The predicted molar refractivity (Wildman–Crippen MR) is 79.7 cm³/mol. The summed E-state index contributed by atoms with van der Waals surface area (Å²) >= 11 is 0. The molecule has 1 aliphatic heterocycles. The Morgan fingerprint density at radius 3 is 3.14 bits per heavy atom. The molecule has 1 N–H and O–H groups in total. The zero-order valence-corrected chi connectivity index (χ0v) is 12.6. The van der Waals surface area contributed by atoms with Crippen molar-refractivity contribution in [1.29, 1.82) is 0 Å². The average molecular weight is 290 g/mol. The largest absolute Gasteiger partial charge is 0.501 e. The van der Waals surface area contributed by atoms with Gasteiger partial charge in [0.2, 0.25) is 5.88 Å². The Bertz CT molecular complexity index is 514. The van der Waals surface area contributed by atoms with Crippen molar-refractivity contribution >= 4 is 5.91 Å². The summed E-state index contributed by atoms with van der Waals surface area (Å²) in [5, 5.41) is 2.89. The quantitative estimate of drug-likeness (QED) is 0.874. The lowest BCUT2D eigenvalue weighted by Gasteiger charge is -2.14. The first-order valence-corrected chi connectivity index (χ1v) is 7.39. The molecule has 2 heterocycles. The molecular formula is C16H22N2O3. The number of pyridine rings is 1. The number of aromatic nitrogens is 1. The molecule has 0 aliphatic carbocycles. The number of rotatable bonds is 6. The summed E-state index contributed by atoms with van der Waals surface area (Å²) in [6.07, 6.45) is 5.97. The van der Waals surface area contributed by atoms with Crippen molar-refractivity contribution in [2.45, 2.75) is 45.8 Å². The molecule has 1 aliphatic rings. The maximum atomic E-state index is 12.0. The Morgan fingerprint density at radius 2 is 2.43 bits per heavy atom. The molecule has 1 unspecified atom stereocenters. The standard InChI is InChI=1S/C16H22N2O3/c1-3-12(2)21-15-9-13(6-7-17-15)10-18-16(19)14-5-4-8-20-11-14/h6-7,9,11-12H,3-5,8,10H2,1-2H3,(H,18,19). The summed E-state index contributed by atoms with van der Waals surface area (Å²) in [5.41, 5.74) is 1.67. The molecule has 0 spiro atoms. The molecule has 0 fully saturated rings. The van der Waals surface area contributed by atoms with E-state index in [4.69, 9.17) is 9.47 Å². The third kappa shape index (κ3) is 4.77. The van der Waals surface area contributed by atoms with Crippen molar-refractivity contribution in [3.63, 3.8) is 0 Å². The zero-order chi connectivity index (χ0) is 15.1. The van der Waals surface area contributed by atoms with Gasteiger partial charge in [-0.15, -0.1) is 0 Å². The molecule has 114 valence electrons. The molecule has 0 saturated carbocycles. The fraction of sp³-hybridized carbons (Fsp3) is 0.500. The summed E-state index contributed by atoms with van der Waals surface area (Å²) in [5.74, 6) is 0.521. The lowest BCUT2D eigenvalue weighted by molar-refractivity contribution is -0.118. The molecule has 2 rings (SSSR count). The third-order valence-electron chi connectivity index (χ3n) is 3.37. The van der Waals surface area contributed by atoms with Crippen LogP contribution in [-0.2, 0) is 16.1 Å². The lowest BCUT2D eigenvalue weighted by Crippen LogP contribution is -2.26. The van der Waals surface area contributed by atoms with Gasteiger partial charge in [-0.25, -0.2) is 4.98 Å². The van der Waals surface area contributed by atoms with E-state index in [1.54, 1.807) is 12.5 Å². The Hall–Kier alpha value is -2.04. The second kappa shape index (κ2) is 7.67. The van der Waals surface area contributed by atoms with Crippen LogP contribution in [0.2, 0.25) is 0 Å². The first-order chi connectivity index (χ1) is 10.2. The van der Waals surface area contributed by atoms with Crippen molar-refractivity contribution in [3.05, 3.63) is 35.7 Å². The number of ether oxygens (including phenoxy) is 2. The van der Waals surface area contributed by atoms with Gasteiger partial charge in [-0.3, -0.25) is 4.79 Å². The van der Waals surface area contributed by atoms with E-state index in [-0.39, 0.29) is 12.0 Å². The van der Waals surface area contributed by atoms with Crippen LogP contribution >= 0.6 is 0 Å². The van der Waals surface area contributed by atoms with Gasteiger partial charge in [0.15, 0.2) is 0 Å². The lowest BCUT2D eigenvalue weighted by atomic mass is 10.1. The maximum absolute atomic E-state index is 12.0. The van der Waals surface area contributed by atoms with Crippen LogP contribution in [0.5, 0.6) is 5.88 Å². The summed E-state index contributed by atoms with van der Waals surface area (Å²) in [6, 6.07) is 3.73. The zero-order valence-electron chi connectivity index (χ0n) is 12.6. The number of nitrogens with one attached hydrogen (secondary N) is 1. The van der Waals surface area contributed by atoms with Gasteiger partial charge < -0.3 is 14.8 Å². The summed E-state index contributed by atoms with van der Waals surface area (Å²) in [4.78, 5) is 16.2. The fourth-order valence-electron chi connectivity index (χ4n) is 1.94. The second-order valence-electron chi connectivity index (χ2n) is 5.14. The molecule has 1 aromatic heterocycles. The van der Waals surface area contributed by atoms with Crippen LogP contribution in [0.1, 0.15) is 38.7 Å². The van der Waals surface area contributed by atoms with Crippen molar-refractivity contribution in [3.8, 4) is 5.88 Å². The highest BCUT2D eigenvalue weighted by atomic mass is 16.5. The minimum Gasteiger partial charge on any atom is -0.501 e. The van der Waals surface area contributed by atoms with Gasteiger partial charge in [-0.1, -0.05) is 6.92 Å². The average Bonchev–Trinajstić information content (AvgIpc) is 2.53. The van der Waals surface area contributed by atoms with Gasteiger partial charge in [0.05, 0.1) is 24.5 Å². The van der Waals surface area contributed by atoms with E-state index in [1.165, 1.54) is 0 Å². The molecule has 0 bridgehead atoms. The van der Waals surface area contributed by atoms with Gasteiger partial charge in [0, 0.05) is 18.8 Å². The third-order valence-corrected chi connectivity index (χ3v) is 3.37. The molecule has 0 radical (unpaired) electrons. The molecule has 5 heteroatoms. The highest BCUT2D eigenvalue weighted by Gasteiger charge is 2.13. The van der Waals surface area contributed by atoms with Gasteiger partial charge in [0.25, 0.3) is 5.91 Å². The van der Waals surface area contributed by atoms with Crippen molar-refractivity contribution in [2.75, 3.05) is 6.61 Å². The minimum atomic E-state index is -0.0732. The van der Waals surface area contributed by atoms with Crippen molar-refractivity contribution in [1.82, 2.24) is 10.3 Å². The normalized spacial score (nSPS) is 15.6. The Balaban J connectivity index is 1.89. The summed E-state index contributed by atoms with van der Waals surface area (Å²) in [6.45, 7) is 5.22. The van der Waals surface area contributed by atoms with E-state index in [1.807, 2.05) is 19.1 Å². The molecule has 1 amide bonds. The van der Waals surface area contributed by atoms with Crippen LogP contribution in [0.25, 0.3) is 0 Å². The highest BCUT2D eigenvalue weighted by molar-refractivity contribution is 5.93. The van der Waals surface area contributed by atoms with E-state index >= 15 is 0 Å². The van der Waals surface area contributed by atoms with Crippen LogP contribution in [0.15, 0.2) is 30.2 Å². The number of hydrogen-bond acceptors (Lipinski definition) is 4. The van der Waals surface area contributed by atoms with E-state index in [0.29, 0.717) is 24.6 Å². The van der Waals surface area contributed by atoms with Crippen LogP contribution in [0.4, 0.5) is 0 Å². The SMILES string of the molecule is CCC(C)Oc1cc(CNC(=O)C2=COCCC2)ccn1.